The monoisotopic (exact) mass is 305 g/mol. The van der Waals surface area contributed by atoms with Crippen LogP contribution in [0.2, 0.25) is 5.02 Å². The summed E-state index contributed by atoms with van der Waals surface area (Å²) in [6.07, 6.45) is 1.79. The van der Waals surface area contributed by atoms with E-state index in [9.17, 15) is 9.59 Å². The summed E-state index contributed by atoms with van der Waals surface area (Å²) in [7, 11) is 0. The maximum absolute atomic E-state index is 11.9. The number of carbonyl (C=O) groups is 1. The maximum Gasteiger partial charge on any atom is 0.339 e. The Morgan fingerprint density at radius 3 is 3.00 bits per heavy atom. The van der Waals surface area contributed by atoms with Crippen LogP contribution in [0, 0.1) is 0 Å². The molecule has 0 bridgehead atoms. The number of esters is 1. The van der Waals surface area contributed by atoms with Crippen LogP contribution >= 0.6 is 11.6 Å². The molecule has 1 aliphatic rings. The average molecular weight is 306 g/mol. The van der Waals surface area contributed by atoms with E-state index in [2.05, 4.69) is 4.98 Å². The third kappa shape index (κ3) is 2.92. The lowest BCUT2D eigenvalue weighted by molar-refractivity contribution is 0.0346. The zero-order valence-electron chi connectivity index (χ0n) is 11.0. The summed E-state index contributed by atoms with van der Waals surface area (Å²) in [5.41, 5.74) is 0.864. The van der Waals surface area contributed by atoms with Crippen LogP contribution in [-0.2, 0) is 11.2 Å². The van der Waals surface area contributed by atoms with Gasteiger partial charge in [0.25, 0.3) is 5.56 Å². The van der Waals surface area contributed by atoms with Gasteiger partial charge in [0, 0.05) is 12.6 Å². The first-order chi connectivity index (χ1) is 10.1. The van der Waals surface area contributed by atoms with Crippen molar-refractivity contribution in [3.05, 3.63) is 63.0 Å². The van der Waals surface area contributed by atoms with Gasteiger partial charge in [-0.15, -0.1) is 0 Å². The highest BCUT2D eigenvalue weighted by molar-refractivity contribution is 6.30. The van der Waals surface area contributed by atoms with Crippen LogP contribution < -0.4 is 10.3 Å². The normalized spacial score (nSPS) is 16.1. The molecule has 1 aromatic carbocycles. The molecular formula is C15H12ClNO4. The number of benzene rings is 1. The second-order valence-electron chi connectivity index (χ2n) is 4.72. The number of para-hydroxylation sites is 1. The van der Waals surface area contributed by atoms with E-state index >= 15 is 0 Å². The van der Waals surface area contributed by atoms with Crippen LogP contribution in [0.3, 0.4) is 0 Å². The fourth-order valence-corrected chi connectivity index (χ4v) is 2.34. The number of H-pyrrole nitrogens is 1. The number of rotatable bonds is 3. The predicted octanol–water partition coefficient (Wildman–Crippen LogP) is 2.19. The molecule has 0 aliphatic carbocycles. The topological polar surface area (TPSA) is 68.4 Å². The lowest BCUT2D eigenvalue weighted by atomic mass is 10.1. The molecule has 1 aliphatic heterocycles. The lowest BCUT2D eigenvalue weighted by Gasteiger charge is -2.11. The SMILES string of the molecule is O=C(OCC1Cc2ccccc2O1)c1c[nH]c(=O)c(Cl)c1. The molecule has 108 valence electrons. The summed E-state index contributed by atoms with van der Waals surface area (Å²) in [4.78, 5) is 25.4. The number of carbonyl (C=O) groups excluding carboxylic acids is 1. The van der Waals surface area contributed by atoms with Gasteiger partial charge in [-0.1, -0.05) is 29.8 Å². The number of hydrogen-bond donors (Lipinski definition) is 1. The van der Waals surface area contributed by atoms with E-state index in [1.54, 1.807) is 0 Å². The Labute approximate surface area is 125 Å². The summed E-state index contributed by atoms with van der Waals surface area (Å²) in [6, 6.07) is 9.00. The molecule has 0 saturated carbocycles. The van der Waals surface area contributed by atoms with Crippen LogP contribution in [0.5, 0.6) is 5.75 Å². The van der Waals surface area contributed by atoms with Crippen molar-refractivity contribution in [1.82, 2.24) is 4.98 Å². The number of pyridine rings is 1. The summed E-state index contributed by atoms with van der Waals surface area (Å²) < 4.78 is 10.9. The zero-order valence-corrected chi connectivity index (χ0v) is 11.7. The summed E-state index contributed by atoms with van der Waals surface area (Å²) >= 11 is 5.67. The van der Waals surface area contributed by atoms with Crippen LogP contribution in [0.25, 0.3) is 0 Å². The summed E-state index contributed by atoms with van der Waals surface area (Å²) in [6.45, 7) is 0.143. The molecule has 0 spiro atoms. The highest BCUT2D eigenvalue weighted by atomic mass is 35.5. The van der Waals surface area contributed by atoms with Gasteiger partial charge in [-0.05, 0) is 17.7 Å². The molecule has 1 unspecified atom stereocenters. The molecule has 0 amide bonds. The van der Waals surface area contributed by atoms with Gasteiger partial charge in [0.05, 0.1) is 5.56 Å². The molecular weight excluding hydrogens is 294 g/mol. The minimum Gasteiger partial charge on any atom is -0.486 e. The Balaban J connectivity index is 1.60. The smallest absolute Gasteiger partial charge is 0.339 e. The van der Waals surface area contributed by atoms with Crippen LogP contribution in [0.1, 0.15) is 15.9 Å². The van der Waals surface area contributed by atoms with Gasteiger partial charge in [-0.2, -0.15) is 0 Å². The second-order valence-corrected chi connectivity index (χ2v) is 5.12. The van der Waals surface area contributed by atoms with Gasteiger partial charge in [0.1, 0.15) is 23.5 Å². The molecule has 3 rings (SSSR count). The minimum absolute atomic E-state index is 0.0472. The van der Waals surface area contributed by atoms with E-state index in [0.29, 0.717) is 6.42 Å². The van der Waals surface area contributed by atoms with Crippen molar-refractivity contribution in [3.63, 3.8) is 0 Å². The van der Waals surface area contributed by atoms with Crippen molar-refractivity contribution in [2.24, 2.45) is 0 Å². The summed E-state index contributed by atoms with van der Waals surface area (Å²) in [5, 5.41) is -0.0472. The molecule has 21 heavy (non-hydrogen) atoms. The highest BCUT2D eigenvalue weighted by Gasteiger charge is 2.24. The van der Waals surface area contributed by atoms with Gasteiger partial charge < -0.3 is 14.5 Å². The average Bonchev–Trinajstić information content (AvgIpc) is 2.90. The van der Waals surface area contributed by atoms with Gasteiger partial charge in [-0.25, -0.2) is 4.79 Å². The van der Waals surface area contributed by atoms with Crippen molar-refractivity contribution in [1.29, 1.82) is 0 Å². The first-order valence-corrected chi connectivity index (χ1v) is 6.81. The van der Waals surface area contributed by atoms with Crippen molar-refractivity contribution in [2.75, 3.05) is 6.61 Å². The first kappa shape index (κ1) is 13.7. The minimum atomic E-state index is -0.548. The third-order valence-corrected chi connectivity index (χ3v) is 3.49. The number of nitrogens with one attached hydrogen (secondary N) is 1. The number of aromatic nitrogens is 1. The molecule has 5 nitrogen and oxygen atoms in total. The number of aromatic amines is 1. The standard InChI is InChI=1S/C15H12ClNO4/c16-12-6-10(7-17-14(12)18)15(19)20-8-11-5-9-3-1-2-4-13(9)21-11/h1-4,6-7,11H,5,8H2,(H,17,18). The van der Waals surface area contributed by atoms with Gasteiger partial charge in [-0.3, -0.25) is 4.79 Å². The fourth-order valence-electron chi connectivity index (χ4n) is 2.17. The van der Waals surface area contributed by atoms with E-state index < -0.39 is 11.5 Å². The molecule has 0 radical (unpaired) electrons. The fraction of sp³-hybridized carbons (Fsp3) is 0.200. The molecule has 1 N–H and O–H groups in total. The van der Waals surface area contributed by atoms with E-state index in [1.807, 2.05) is 24.3 Å². The predicted molar refractivity (Wildman–Crippen MR) is 76.9 cm³/mol. The second kappa shape index (κ2) is 5.61. The van der Waals surface area contributed by atoms with Crippen molar-refractivity contribution >= 4 is 17.6 Å². The molecule has 6 heteroatoms. The van der Waals surface area contributed by atoms with Gasteiger partial charge >= 0.3 is 5.97 Å². The van der Waals surface area contributed by atoms with Crippen LogP contribution in [0.15, 0.2) is 41.3 Å². The number of ether oxygens (including phenoxy) is 2. The van der Waals surface area contributed by atoms with E-state index in [-0.39, 0.29) is 23.3 Å². The van der Waals surface area contributed by atoms with Crippen LogP contribution in [0.4, 0.5) is 0 Å². The Bertz CT molecular complexity index is 715. The van der Waals surface area contributed by atoms with E-state index in [1.165, 1.54) is 12.3 Å². The maximum atomic E-state index is 11.9. The number of fused-ring (bicyclic) bond motifs is 1. The quantitative estimate of drug-likeness (QED) is 0.883. The van der Waals surface area contributed by atoms with Gasteiger partial charge in [0.15, 0.2) is 0 Å². The lowest BCUT2D eigenvalue weighted by Crippen LogP contribution is -2.23. The Hall–Kier alpha value is -2.27. The molecule has 1 aromatic heterocycles. The molecule has 0 fully saturated rings. The number of halogens is 1. The van der Waals surface area contributed by atoms with E-state index in [0.717, 1.165) is 11.3 Å². The van der Waals surface area contributed by atoms with Crippen LogP contribution in [-0.4, -0.2) is 23.7 Å². The van der Waals surface area contributed by atoms with Gasteiger partial charge in [0.2, 0.25) is 0 Å². The summed E-state index contributed by atoms with van der Waals surface area (Å²) in [5.74, 6) is 0.276. The van der Waals surface area contributed by atoms with Crippen molar-refractivity contribution < 1.29 is 14.3 Å². The Morgan fingerprint density at radius 1 is 1.43 bits per heavy atom. The molecule has 2 aromatic rings. The molecule has 1 atom stereocenters. The van der Waals surface area contributed by atoms with Crippen molar-refractivity contribution in [2.45, 2.75) is 12.5 Å². The largest absolute Gasteiger partial charge is 0.486 e. The third-order valence-electron chi connectivity index (χ3n) is 3.21. The molecule has 0 saturated heterocycles. The highest BCUT2D eigenvalue weighted by Crippen LogP contribution is 2.28. The zero-order chi connectivity index (χ0) is 14.8. The Kier molecular flexibility index (Phi) is 3.66. The first-order valence-electron chi connectivity index (χ1n) is 6.43. The Morgan fingerprint density at radius 2 is 2.24 bits per heavy atom. The number of hydrogen-bond acceptors (Lipinski definition) is 4. The molecule has 2 heterocycles. The van der Waals surface area contributed by atoms with Crippen molar-refractivity contribution in [3.8, 4) is 5.75 Å². The van der Waals surface area contributed by atoms with E-state index in [4.69, 9.17) is 21.1 Å².